The van der Waals surface area contributed by atoms with Crippen LogP contribution in [-0.4, -0.2) is 48.7 Å². The highest BCUT2D eigenvalue weighted by Crippen LogP contribution is 2.09. The Labute approximate surface area is 78.9 Å². The average molecular weight is 186 g/mol. The van der Waals surface area contributed by atoms with E-state index in [0.29, 0.717) is 12.3 Å². The van der Waals surface area contributed by atoms with Crippen LogP contribution >= 0.6 is 0 Å². The van der Waals surface area contributed by atoms with Gasteiger partial charge in [0.2, 0.25) is 5.91 Å². The quantitative estimate of drug-likeness (QED) is 0.607. The Hall–Kier alpha value is -0.610. The van der Waals surface area contributed by atoms with E-state index in [-0.39, 0.29) is 18.6 Å². The van der Waals surface area contributed by atoms with Crippen LogP contribution in [0.2, 0.25) is 0 Å². The smallest absolute Gasteiger partial charge is 0.237 e. The lowest BCUT2D eigenvalue weighted by Crippen LogP contribution is -2.42. The number of likely N-dealkylation sites (N-methyl/N-ethyl adjacent to an activating group) is 1. The van der Waals surface area contributed by atoms with Crippen LogP contribution in [0.25, 0.3) is 0 Å². The summed E-state index contributed by atoms with van der Waals surface area (Å²) < 4.78 is 0. The van der Waals surface area contributed by atoms with E-state index >= 15 is 0 Å². The second kappa shape index (κ2) is 4.58. The number of hydrogen-bond donors (Lipinski definition) is 2. The molecule has 0 radical (unpaired) electrons. The van der Waals surface area contributed by atoms with Crippen molar-refractivity contribution in [1.82, 2.24) is 10.2 Å². The minimum atomic E-state index is -0.157. The van der Waals surface area contributed by atoms with E-state index in [4.69, 9.17) is 5.11 Å². The first-order chi connectivity index (χ1) is 6.15. The van der Waals surface area contributed by atoms with Crippen LogP contribution in [0.5, 0.6) is 0 Å². The lowest BCUT2D eigenvalue weighted by Gasteiger charge is -2.23. The maximum atomic E-state index is 11.5. The molecule has 1 aliphatic rings. The molecule has 0 spiro atoms. The van der Waals surface area contributed by atoms with Crippen LogP contribution in [0.1, 0.15) is 13.3 Å². The van der Waals surface area contributed by atoms with E-state index in [1.165, 1.54) is 0 Å². The molecule has 1 aliphatic heterocycles. The molecular formula is C9H18N2O2. The summed E-state index contributed by atoms with van der Waals surface area (Å²) in [5.41, 5.74) is 0. The van der Waals surface area contributed by atoms with Gasteiger partial charge < -0.3 is 10.4 Å². The highest BCUT2D eigenvalue weighted by atomic mass is 16.3. The van der Waals surface area contributed by atoms with Gasteiger partial charge in [-0.1, -0.05) is 6.92 Å². The zero-order chi connectivity index (χ0) is 9.84. The minimum Gasteiger partial charge on any atom is -0.396 e. The van der Waals surface area contributed by atoms with Gasteiger partial charge in [0.05, 0.1) is 6.04 Å². The van der Waals surface area contributed by atoms with Crippen LogP contribution in [0.15, 0.2) is 0 Å². The third-order valence-electron chi connectivity index (χ3n) is 2.46. The maximum Gasteiger partial charge on any atom is 0.237 e. The van der Waals surface area contributed by atoms with Gasteiger partial charge in [0.25, 0.3) is 0 Å². The molecule has 1 amide bonds. The van der Waals surface area contributed by atoms with E-state index in [1.54, 1.807) is 0 Å². The summed E-state index contributed by atoms with van der Waals surface area (Å²) in [5, 5.41) is 11.7. The Morgan fingerprint density at radius 3 is 3.00 bits per heavy atom. The Kier molecular flexibility index (Phi) is 3.69. The molecule has 0 aliphatic carbocycles. The lowest BCUT2D eigenvalue weighted by atomic mass is 10.1. The summed E-state index contributed by atoms with van der Waals surface area (Å²) in [7, 11) is 1.93. The van der Waals surface area contributed by atoms with Crippen molar-refractivity contribution in [3.8, 4) is 0 Å². The summed E-state index contributed by atoms with van der Waals surface area (Å²) in [6.45, 7) is 3.82. The minimum absolute atomic E-state index is 0.0425. The van der Waals surface area contributed by atoms with Gasteiger partial charge in [-0.25, -0.2) is 0 Å². The topological polar surface area (TPSA) is 52.6 Å². The Morgan fingerprint density at radius 1 is 1.69 bits per heavy atom. The molecule has 0 aromatic heterocycles. The second-order valence-electron chi connectivity index (χ2n) is 3.82. The predicted octanol–water partition coefficient (Wildman–Crippen LogP) is -0.565. The summed E-state index contributed by atoms with van der Waals surface area (Å²) in [5.74, 6) is 0.526. The number of carbonyl (C=O) groups excluding carboxylic acids is 1. The number of nitrogens with zero attached hydrogens (tertiary/aromatic N) is 1. The lowest BCUT2D eigenvalue weighted by molar-refractivity contribution is -0.125. The van der Waals surface area contributed by atoms with E-state index in [2.05, 4.69) is 12.2 Å². The van der Waals surface area contributed by atoms with Crippen molar-refractivity contribution in [2.75, 3.05) is 26.7 Å². The molecule has 1 fully saturated rings. The predicted molar refractivity (Wildman–Crippen MR) is 50.3 cm³/mol. The third kappa shape index (κ3) is 2.67. The first kappa shape index (κ1) is 10.5. The van der Waals surface area contributed by atoms with Gasteiger partial charge in [0, 0.05) is 19.7 Å². The van der Waals surface area contributed by atoms with E-state index in [0.717, 1.165) is 13.1 Å². The fourth-order valence-corrected chi connectivity index (χ4v) is 1.75. The Bertz CT molecular complexity index is 184. The summed E-state index contributed by atoms with van der Waals surface area (Å²) >= 11 is 0. The number of aliphatic hydroxyl groups excluding tert-OH is 1. The molecule has 2 unspecified atom stereocenters. The molecule has 0 saturated carbocycles. The number of rotatable bonds is 2. The molecule has 1 rings (SSSR count). The zero-order valence-corrected chi connectivity index (χ0v) is 8.29. The Morgan fingerprint density at radius 2 is 2.38 bits per heavy atom. The van der Waals surface area contributed by atoms with Crippen LogP contribution in [0.3, 0.4) is 0 Å². The van der Waals surface area contributed by atoms with Crippen molar-refractivity contribution in [3.63, 3.8) is 0 Å². The molecule has 2 N–H and O–H groups in total. The standard InChI is InChI=1S/C9H18N2O2/c1-7-5-10-9(13)8(3-4-12)11(2)6-7/h7-8,12H,3-6H2,1-2H3,(H,10,13). The molecule has 76 valence electrons. The van der Waals surface area contributed by atoms with Gasteiger partial charge in [-0.05, 0) is 19.4 Å². The third-order valence-corrected chi connectivity index (χ3v) is 2.46. The SMILES string of the molecule is CC1CNC(=O)C(CCO)N(C)C1. The van der Waals surface area contributed by atoms with Crippen LogP contribution in [0.4, 0.5) is 0 Å². The monoisotopic (exact) mass is 186 g/mol. The summed E-state index contributed by atoms with van der Waals surface area (Å²) in [6.07, 6.45) is 0.523. The molecule has 4 nitrogen and oxygen atoms in total. The first-order valence-corrected chi connectivity index (χ1v) is 4.74. The van der Waals surface area contributed by atoms with E-state index in [9.17, 15) is 4.79 Å². The molecule has 1 saturated heterocycles. The van der Waals surface area contributed by atoms with Gasteiger partial charge >= 0.3 is 0 Å². The van der Waals surface area contributed by atoms with Gasteiger partial charge in [-0.2, -0.15) is 0 Å². The van der Waals surface area contributed by atoms with Crippen molar-refractivity contribution >= 4 is 5.91 Å². The number of amides is 1. The number of hydrogen-bond acceptors (Lipinski definition) is 3. The normalized spacial score (nSPS) is 31.2. The molecule has 0 aromatic carbocycles. The van der Waals surface area contributed by atoms with Crippen molar-refractivity contribution < 1.29 is 9.90 Å². The Balaban J connectivity index is 2.61. The summed E-state index contributed by atoms with van der Waals surface area (Å²) in [4.78, 5) is 13.5. The highest BCUT2D eigenvalue weighted by molar-refractivity contribution is 5.81. The zero-order valence-electron chi connectivity index (χ0n) is 8.29. The molecule has 0 aromatic rings. The molecule has 13 heavy (non-hydrogen) atoms. The van der Waals surface area contributed by atoms with Crippen LogP contribution in [0, 0.1) is 5.92 Å². The highest BCUT2D eigenvalue weighted by Gasteiger charge is 2.26. The second-order valence-corrected chi connectivity index (χ2v) is 3.82. The van der Waals surface area contributed by atoms with Crippen molar-refractivity contribution in [1.29, 1.82) is 0 Å². The fraction of sp³-hybridized carbons (Fsp3) is 0.889. The fourth-order valence-electron chi connectivity index (χ4n) is 1.75. The molecule has 0 bridgehead atoms. The molecule has 4 heteroatoms. The van der Waals surface area contributed by atoms with Gasteiger partial charge in [-0.3, -0.25) is 9.69 Å². The summed E-state index contributed by atoms with van der Waals surface area (Å²) in [6, 6.07) is -0.157. The van der Waals surface area contributed by atoms with Crippen molar-refractivity contribution in [2.45, 2.75) is 19.4 Å². The average Bonchev–Trinajstić information content (AvgIpc) is 2.19. The molecule has 2 atom stereocenters. The van der Waals surface area contributed by atoms with Gasteiger partial charge in [0.15, 0.2) is 0 Å². The van der Waals surface area contributed by atoms with Gasteiger partial charge in [0.1, 0.15) is 0 Å². The van der Waals surface area contributed by atoms with Crippen molar-refractivity contribution in [3.05, 3.63) is 0 Å². The number of nitrogens with one attached hydrogen (secondary N) is 1. The largest absolute Gasteiger partial charge is 0.396 e. The van der Waals surface area contributed by atoms with Crippen molar-refractivity contribution in [2.24, 2.45) is 5.92 Å². The van der Waals surface area contributed by atoms with Crippen LogP contribution < -0.4 is 5.32 Å². The molecule has 1 heterocycles. The first-order valence-electron chi connectivity index (χ1n) is 4.74. The maximum absolute atomic E-state index is 11.5. The van der Waals surface area contributed by atoms with E-state index in [1.807, 2.05) is 11.9 Å². The van der Waals surface area contributed by atoms with E-state index < -0.39 is 0 Å². The number of carbonyl (C=O) groups is 1. The number of aliphatic hydroxyl groups is 1. The van der Waals surface area contributed by atoms with Gasteiger partial charge in [-0.15, -0.1) is 0 Å². The molecular weight excluding hydrogens is 168 g/mol. The van der Waals surface area contributed by atoms with Crippen LogP contribution in [-0.2, 0) is 4.79 Å².